The van der Waals surface area contributed by atoms with Gasteiger partial charge in [-0.05, 0) is 51.4 Å². The second-order valence-corrected chi connectivity index (χ2v) is 21.1. The van der Waals surface area contributed by atoms with Gasteiger partial charge in [0, 0.05) is 6.42 Å². The van der Waals surface area contributed by atoms with Crippen LogP contribution in [0.25, 0.3) is 0 Å². The molecule has 1 rings (SSSR count). The molecule has 0 saturated carbocycles. The van der Waals surface area contributed by atoms with Crippen molar-refractivity contribution in [1.82, 2.24) is 5.32 Å². The molecule has 1 aliphatic heterocycles. The molecule has 1 amide bonds. The lowest BCUT2D eigenvalue weighted by molar-refractivity contribution is -0.302. The molecule has 70 heavy (non-hydrogen) atoms. The monoisotopic (exact) mass is 990 g/mol. The van der Waals surface area contributed by atoms with Gasteiger partial charge in [0.2, 0.25) is 5.91 Å². The molecule has 1 heterocycles. The van der Waals surface area contributed by atoms with Gasteiger partial charge in [0.15, 0.2) is 6.29 Å². The zero-order valence-corrected chi connectivity index (χ0v) is 45.8. The van der Waals surface area contributed by atoms with E-state index in [-0.39, 0.29) is 12.5 Å². The van der Waals surface area contributed by atoms with Crippen molar-refractivity contribution in [3.05, 3.63) is 36.5 Å². The molecule has 412 valence electrons. The highest BCUT2D eigenvalue weighted by atomic mass is 16.7. The molecule has 0 spiro atoms. The van der Waals surface area contributed by atoms with Crippen molar-refractivity contribution in [1.29, 1.82) is 0 Å². The number of unbranched alkanes of at least 4 members (excludes halogenated alkanes) is 38. The van der Waals surface area contributed by atoms with E-state index in [1.165, 1.54) is 225 Å². The maximum atomic E-state index is 13.0. The fourth-order valence-corrected chi connectivity index (χ4v) is 9.66. The number of aliphatic hydroxyl groups is 5. The van der Waals surface area contributed by atoms with E-state index in [9.17, 15) is 30.3 Å². The number of amides is 1. The van der Waals surface area contributed by atoms with Gasteiger partial charge in [0.05, 0.1) is 25.4 Å². The average molecular weight is 991 g/mol. The molecule has 1 aliphatic rings. The fourth-order valence-electron chi connectivity index (χ4n) is 9.66. The first kappa shape index (κ1) is 66.4. The third kappa shape index (κ3) is 39.9. The Morgan fingerprint density at radius 3 is 1.23 bits per heavy atom. The second kappa shape index (κ2) is 50.9. The summed E-state index contributed by atoms with van der Waals surface area (Å²) >= 11 is 0. The first-order chi connectivity index (χ1) is 34.3. The van der Waals surface area contributed by atoms with Crippen LogP contribution in [0.2, 0.25) is 0 Å². The quantitative estimate of drug-likeness (QED) is 0.0261. The standard InChI is InChI=1S/C61H115NO8/c1-3-5-7-9-11-13-15-17-18-19-20-21-22-23-24-25-26-27-28-29-30-31-32-33-34-35-36-37-38-39-41-43-45-47-49-51-57(65)62-54(53-69-61-60(68)59(67)58(66)56(52-63)70-61)55(64)50-48-46-44-42-40-16-14-12-10-8-6-4-2/h15,17,19-20,48,50,54-56,58-61,63-64,66-68H,3-14,16,18,21-47,49,51-53H2,1-2H3,(H,62,65)/b17-15-,20-19-,50-48+. The van der Waals surface area contributed by atoms with Gasteiger partial charge >= 0.3 is 0 Å². The predicted molar refractivity (Wildman–Crippen MR) is 295 cm³/mol. The molecular weight excluding hydrogens is 875 g/mol. The molecule has 0 aromatic heterocycles. The Morgan fingerprint density at radius 2 is 0.843 bits per heavy atom. The van der Waals surface area contributed by atoms with Crippen molar-refractivity contribution in [2.45, 2.75) is 333 Å². The minimum absolute atomic E-state index is 0.173. The van der Waals surface area contributed by atoms with E-state index in [0.29, 0.717) is 6.42 Å². The van der Waals surface area contributed by atoms with Crippen LogP contribution in [0.3, 0.4) is 0 Å². The van der Waals surface area contributed by atoms with Crippen LogP contribution in [-0.2, 0) is 14.3 Å². The SMILES string of the molecule is CCCCCCC/C=C\C/C=C\CCCCCCCCCCCCCCCCCCCCCCCCCC(=O)NC(COC1OC(CO)C(O)C(O)C1O)C(O)/C=C/CCCCCCCCCCCC. The summed E-state index contributed by atoms with van der Waals surface area (Å²) in [4.78, 5) is 13.0. The van der Waals surface area contributed by atoms with E-state index < -0.39 is 49.5 Å². The Morgan fingerprint density at radius 1 is 0.486 bits per heavy atom. The molecule has 9 heteroatoms. The number of allylic oxidation sites excluding steroid dienone is 5. The third-order valence-corrected chi connectivity index (χ3v) is 14.5. The molecular formula is C61H115NO8. The van der Waals surface area contributed by atoms with Crippen LogP contribution < -0.4 is 5.32 Å². The lowest BCUT2D eigenvalue weighted by Gasteiger charge is -2.40. The molecule has 0 aliphatic carbocycles. The fraction of sp³-hybridized carbons (Fsp3) is 0.885. The molecule has 0 aromatic rings. The summed E-state index contributed by atoms with van der Waals surface area (Å²) in [7, 11) is 0. The number of carbonyl (C=O) groups excluding carboxylic acids is 1. The van der Waals surface area contributed by atoms with Crippen molar-refractivity contribution in [3.63, 3.8) is 0 Å². The highest BCUT2D eigenvalue weighted by Crippen LogP contribution is 2.23. The molecule has 7 atom stereocenters. The van der Waals surface area contributed by atoms with Crippen molar-refractivity contribution in [2.24, 2.45) is 0 Å². The molecule has 0 bridgehead atoms. The second-order valence-electron chi connectivity index (χ2n) is 21.1. The number of aliphatic hydroxyl groups excluding tert-OH is 5. The molecule has 7 unspecified atom stereocenters. The lowest BCUT2D eigenvalue weighted by atomic mass is 9.99. The summed E-state index contributed by atoms with van der Waals surface area (Å²) in [5.41, 5.74) is 0. The Hall–Kier alpha value is -1.59. The van der Waals surface area contributed by atoms with Crippen LogP contribution in [0.15, 0.2) is 36.5 Å². The number of hydrogen-bond donors (Lipinski definition) is 6. The summed E-state index contributed by atoms with van der Waals surface area (Å²) in [6.45, 7) is 3.78. The minimum Gasteiger partial charge on any atom is -0.394 e. The maximum Gasteiger partial charge on any atom is 0.220 e. The minimum atomic E-state index is -1.56. The molecule has 0 aromatic carbocycles. The highest BCUT2D eigenvalue weighted by Gasteiger charge is 2.44. The lowest BCUT2D eigenvalue weighted by Crippen LogP contribution is -2.60. The number of ether oxygens (including phenoxy) is 2. The third-order valence-electron chi connectivity index (χ3n) is 14.5. The van der Waals surface area contributed by atoms with Gasteiger partial charge in [0.1, 0.15) is 24.4 Å². The molecule has 1 saturated heterocycles. The number of carbonyl (C=O) groups is 1. The zero-order chi connectivity index (χ0) is 50.8. The highest BCUT2D eigenvalue weighted by molar-refractivity contribution is 5.76. The van der Waals surface area contributed by atoms with Crippen LogP contribution in [0.5, 0.6) is 0 Å². The van der Waals surface area contributed by atoms with Gasteiger partial charge < -0.3 is 40.3 Å². The zero-order valence-electron chi connectivity index (χ0n) is 45.8. The van der Waals surface area contributed by atoms with E-state index in [1.807, 2.05) is 6.08 Å². The van der Waals surface area contributed by atoms with E-state index >= 15 is 0 Å². The summed E-state index contributed by atoms with van der Waals surface area (Å²) in [6, 6.07) is -0.801. The average Bonchev–Trinajstić information content (AvgIpc) is 3.36. The summed E-state index contributed by atoms with van der Waals surface area (Å²) in [5, 5.41) is 54.4. The summed E-state index contributed by atoms with van der Waals surface area (Å²) in [5.74, 6) is -0.173. The number of nitrogens with one attached hydrogen (secondary N) is 1. The van der Waals surface area contributed by atoms with Crippen molar-refractivity contribution in [3.8, 4) is 0 Å². The normalized spacial score (nSPS) is 19.6. The van der Waals surface area contributed by atoms with E-state index in [2.05, 4.69) is 43.5 Å². The van der Waals surface area contributed by atoms with E-state index in [4.69, 9.17) is 9.47 Å². The molecule has 0 radical (unpaired) electrons. The number of hydrogen-bond acceptors (Lipinski definition) is 8. The van der Waals surface area contributed by atoms with Gasteiger partial charge in [-0.3, -0.25) is 4.79 Å². The van der Waals surface area contributed by atoms with Crippen LogP contribution in [0, 0.1) is 0 Å². The Bertz CT molecular complexity index is 1190. The van der Waals surface area contributed by atoms with Crippen LogP contribution >= 0.6 is 0 Å². The van der Waals surface area contributed by atoms with Gasteiger partial charge in [-0.25, -0.2) is 0 Å². The Labute approximate surface area is 431 Å². The van der Waals surface area contributed by atoms with Crippen molar-refractivity contribution >= 4 is 5.91 Å². The topological polar surface area (TPSA) is 149 Å². The Balaban J connectivity index is 2.06. The summed E-state index contributed by atoms with van der Waals surface area (Å²) in [6.07, 6.45) is 59.5. The predicted octanol–water partition coefficient (Wildman–Crippen LogP) is 15.1. The smallest absolute Gasteiger partial charge is 0.220 e. The summed E-state index contributed by atoms with van der Waals surface area (Å²) < 4.78 is 11.2. The first-order valence-electron chi connectivity index (χ1n) is 30.2. The maximum absolute atomic E-state index is 13.0. The first-order valence-corrected chi connectivity index (χ1v) is 30.2. The van der Waals surface area contributed by atoms with Crippen LogP contribution in [0.1, 0.15) is 290 Å². The van der Waals surface area contributed by atoms with Crippen LogP contribution in [-0.4, -0.2) is 87.5 Å². The van der Waals surface area contributed by atoms with Gasteiger partial charge in [-0.15, -0.1) is 0 Å². The molecule has 1 fully saturated rings. The van der Waals surface area contributed by atoms with E-state index in [0.717, 1.165) is 44.9 Å². The van der Waals surface area contributed by atoms with Gasteiger partial charge in [0.25, 0.3) is 0 Å². The van der Waals surface area contributed by atoms with Crippen molar-refractivity contribution in [2.75, 3.05) is 13.2 Å². The van der Waals surface area contributed by atoms with Gasteiger partial charge in [-0.1, -0.05) is 269 Å². The number of rotatable bonds is 52. The van der Waals surface area contributed by atoms with Crippen LogP contribution in [0.4, 0.5) is 0 Å². The van der Waals surface area contributed by atoms with Gasteiger partial charge in [-0.2, -0.15) is 0 Å². The van der Waals surface area contributed by atoms with Crippen molar-refractivity contribution < 1.29 is 39.8 Å². The van der Waals surface area contributed by atoms with E-state index in [1.54, 1.807) is 6.08 Å². The molecule has 9 nitrogen and oxygen atoms in total. The Kier molecular flexibility index (Phi) is 48.3. The largest absolute Gasteiger partial charge is 0.394 e. The molecule has 6 N–H and O–H groups in total.